The van der Waals surface area contributed by atoms with Crippen molar-refractivity contribution >= 4 is 11.6 Å². The Balaban J connectivity index is 1.91. The van der Waals surface area contributed by atoms with E-state index in [-0.39, 0.29) is 6.10 Å². The molecule has 0 saturated heterocycles. The molecule has 2 atom stereocenters. The minimum atomic E-state index is 0.123. The zero-order chi connectivity index (χ0) is 13.0. The van der Waals surface area contributed by atoms with E-state index in [1.54, 1.807) is 7.11 Å². The van der Waals surface area contributed by atoms with E-state index < -0.39 is 0 Å². The average Bonchev–Trinajstić information content (AvgIpc) is 2.78. The molecular formula is C14H19ClN2O. The molecule has 98 valence electrons. The highest BCUT2D eigenvalue weighted by molar-refractivity contribution is 6.30. The van der Waals surface area contributed by atoms with Crippen LogP contribution in [0.5, 0.6) is 0 Å². The lowest BCUT2D eigenvalue weighted by atomic mass is 9.98. The van der Waals surface area contributed by atoms with Crippen LogP contribution in [0.3, 0.4) is 0 Å². The van der Waals surface area contributed by atoms with Crippen LogP contribution in [0, 0.1) is 5.92 Å². The van der Waals surface area contributed by atoms with Crippen molar-refractivity contribution in [1.82, 2.24) is 5.32 Å². The van der Waals surface area contributed by atoms with E-state index in [4.69, 9.17) is 22.1 Å². The number of nitrogens with one attached hydrogen (secondary N) is 1. The minimum absolute atomic E-state index is 0.123. The summed E-state index contributed by atoms with van der Waals surface area (Å²) in [5.74, 6) is 1.30. The van der Waals surface area contributed by atoms with Crippen LogP contribution in [0.2, 0.25) is 5.02 Å². The van der Waals surface area contributed by atoms with Gasteiger partial charge in [0.05, 0.1) is 11.9 Å². The SMILES string of the molecule is COC(CC[C@H]1C=C(N)NC1)c1ccc(Cl)cc1. The predicted octanol–water partition coefficient (Wildman–Crippen LogP) is 2.83. The molecule has 2 rings (SSSR count). The maximum Gasteiger partial charge on any atom is 0.0922 e. The summed E-state index contributed by atoms with van der Waals surface area (Å²) in [6.07, 6.45) is 4.26. The van der Waals surface area contributed by atoms with Gasteiger partial charge in [-0.2, -0.15) is 0 Å². The summed E-state index contributed by atoms with van der Waals surface area (Å²) in [7, 11) is 1.75. The number of nitrogens with two attached hydrogens (primary N) is 1. The van der Waals surface area contributed by atoms with Crippen LogP contribution in [-0.4, -0.2) is 13.7 Å². The van der Waals surface area contributed by atoms with Gasteiger partial charge >= 0.3 is 0 Å². The third kappa shape index (κ3) is 3.40. The lowest BCUT2D eigenvalue weighted by Crippen LogP contribution is -2.16. The highest BCUT2D eigenvalue weighted by atomic mass is 35.5. The molecule has 1 unspecified atom stereocenters. The van der Waals surface area contributed by atoms with E-state index >= 15 is 0 Å². The molecule has 0 amide bonds. The zero-order valence-corrected chi connectivity index (χ0v) is 11.3. The normalized spacial score (nSPS) is 20.3. The van der Waals surface area contributed by atoms with E-state index in [0.29, 0.717) is 5.92 Å². The number of halogens is 1. The van der Waals surface area contributed by atoms with Crippen LogP contribution in [0.15, 0.2) is 36.2 Å². The zero-order valence-electron chi connectivity index (χ0n) is 10.5. The first-order chi connectivity index (χ1) is 8.69. The third-order valence-corrected chi connectivity index (χ3v) is 3.56. The summed E-state index contributed by atoms with van der Waals surface area (Å²) >= 11 is 5.89. The fourth-order valence-corrected chi connectivity index (χ4v) is 2.40. The van der Waals surface area contributed by atoms with E-state index in [2.05, 4.69) is 11.4 Å². The van der Waals surface area contributed by atoms with Gasteiger partial charge in [0.1, 0.15) is 0 Å². The molecule has 0 radical (unpaired) electrons. The van der Waals surface area contributed by atoms with E-state index in [9.17, 15) is 0 Å². The molecule has 0 saturated carbocycles. The number of methoxy groups -OCH3 is 1. The van der Waals surface area contributed by atoms with Crippen molar-refractivity contribution in [1.29, 1.82) is 0 Å². The summed E-state index contributed by atoms with van der Waals surface area (Å²) < 4.78 is 5.55. The van der Waals surface area contributed by atoms with Crippen LogP contribution in [0.4, 0.5) is 0 Å². The first kappa shape index (κ1) is 13.2. The van der Waals surface area contributed by atoms with Gasteiger partial charge in [0, 0.05) is 18.7 Å². The Morgan fingerprint density at radius 2 is 2.17 bits per heavy atom. The molecule has 1 aliphatic heterocycles. The van der Waals surface area contributed by atoms with Gasteiger partial charge in [-0.3, -0.25) is 0 Å². The van der Waals surface area contributed by atoms with E-state index in [1.165, 1.54) is 5.56 Å². The molecule has 0 aliphatic carbocycles. The molecule has 3 nitrogen and oxygen atoms in total. The van der Waals surface area contributed by atoms with E-state index in [0.717, 1.165) is 30.2 Å². The maximum absolute atomic E-state index is 5.89. The summed E-state index contributed by atoms with van der Waals surface area (Å²) in [5, 5.41) is 3.89. The van der Waals surface area contributed by atoms with Gasteiger partial charge in [-0.05, 0) is 42.5 Å². The van der Waals surface area contributed by atoms with Crippen LogP contribution in [-0.2, 0) is 4.74 Å². The smallest absolute Gasteiger partial charge is 0.0922 e. The summed E-state index contributed by atoms with van der Waals surface area (Å²) in [6, 6.07) is 7.84. The van der Waals surface area contributed by atoms with Crippen LogP contribution in [0.25, 0.3) is 0 Å². The topological polar surface area (TPSA) is 47.3 Å². The van der Waals surface area contributed by atoms with Crippen molar-refractivity contribution in [3.8, 4) is 0 Å². The van der Waals surface area contributed by atoms with Crippen molar-refractivity contribution in [2.75, 3.05) is 13.7 Å². The van der Waals surface area contributed by atoms with Crippen molar-refractivity contribution in [3.05, 3.63) is 46.7 Å². The Bertz CT molecular complexity index is 416. The number of benzene rings is 1. The molecule has 0 spiro atoms. The fourth-order valence-electron chi connectivity index (χ4n) is 2.27. The van der Waals surface area contributed by atoms with Crippen LogP contribution < -0.4 is 11.1 Å². The third-order valence-electron chi connectivity index (χ3n) is 3.31. The summed E-state index contributed by atoms with van der Waals surface area (Å²) in [5.41, 5.74) is 6.87. The molecule has 18 heavy (non-hydrogen) atoms. The van der Waals surface area contributed by atoms with Gasteiger partial charge in [-0.15, -0.1) is 0 Å². The number of hydrogen-bond donors (Lipinski definition) is 2. The maximum atomic E-state index is 5.89. The predicted molar refractivity (Wildman–Crippen MR) is 74.2 cm³/mol. The number of rotatable bonds is 5. The molecule has 0 aromatic heterocycles. The van der Waals surface area contributed by atoms with Crippen LogP contribution in [0.1, 0.15) is 24.5 Å². The highest BCUT2D eigenvalue weighted by Gasteiger charge is 2.17. The van der Waals surface area contributed by atoms with E-state index in [1.807, 2.05) is 24.3 Å². The molecule has 0 bridgehead atoms. The van der Waals surface area contributed by atoms with Crippen molar-refractivity contribution < 1.29 is 4.74 Å². The number of hydrogen-bond acceptors (Lipinski definition) is 3. The lowest BCUT2D eigenvalue weighted by Gasteiger charge is -2.17. The molecule has 0 fully saturated rings. The van der Waals surface area contributed by atoms with Gasteiger partial charge in [0.15, 0.2) is 0 Å². The Hall–Kier alpha value is -1.19. The second-order valence-electron chi connectivity index (χ2n) is 4.62. The molecule has 1 heterocycles. The standard InChI is InChI=1S/C14H19ClN2O/c1-18-13(11-3-5-12(15)6-4-11)7-2-10-8-14(16)17-9-10/h3-6,8,10,13,17H,2,7,9,16H2,1H3/t10-,13?/m0/s1. The van der Waals surface area contributed by atoms with Gasteiger partial charge in [0.2, 0.25) is 0 Å². The number of ether oxygens (including phenoxy) is 1. The van der Waals surface area contributed by atoms with Gasteiger partial charge in [-0.25, -0.2) is 0 Å². The summed E-state index contributed by atoms with van der Waals surface area (Å²) in [4.78, 5) is 0. The highest BCUT2D eigenvalue weighted by Crippen LogP contribution is 2.26. The van der Waals surface area contributed by atoms with Gasteiger partial charge < -0.3 is 15.8 Å². The van der Waals surface area contributed by atoms with Gasteiger partial charge in [-0.1, -0.05) is 23.7 Å². The molecule has 1 aliphatic rings. The molecule has 3 N–H and O–H groups in total. The van der Waals surface area contributed by atoms with Crippen LogP contribution >= 0.6 is 11.6 Å². The average molecular weight is 267 g/mol. The Labute approximate surface area is 113 Å². The molecule has 1 aromatic carbocycles. The molecule has 1 aromatic rings. The van der Waals surface area contributed by atoms with Crippen molar-refractivity contribution in [3.63, 3.8) is 0 Å². The fraction of sp³-hybridized carbons (Fsp3) is 0.429. The Kier molecular flexibility index (Phi) is 4.50. The van der Waals surface area contributed by atoms with Gasteiger partial charge in [0.25, 0.3) is 0 Å². The molecule has 4 heteroatoms. The first-order valence-electron chi connectivity index (χ1n) is 6.18. The second kappa shape index (κ2) is 6.12. The van der Waals surface area contributed by atoms with Crippen molar-refractivity contribution in [2.24, 2.45) is 11.7 Å². The lowest BCUT2D eigenvalue weighted by molar-refractivity contribution is 0.0912. The monoisotopic (exact) mass is 266 g/mol. The Morgan fingerprint density at radius 3 is 2.72 bits per heavy atom. The second-order valence-corrected chi connectivity index (χ2v) is 5.05. The van der Waals surface area contributed by atoms with Crippen molar-refractivity contribution in [2.45, 2.75) is 18.9 Å². The quantitative estimate of drug-likeness (QED) is 0.862. The first-order valence-corrected chi connectivity index (χ1v) is 6.56. The Morgan fingerprint density at radius 1 is 1.44 bits per heavy atom. The summed E-state index contributed by atoms with van der Waals surface area (Å²) in [6.45, 7) is 0.933. The minimum Gasteiger partial charge on any atom is -0.386 e. The largest absolute Gasteiger partial charge is 0.386 e. The molecular weight excluding hydrogens is 248 g/mol.